The second-order valence-electron chi connectivity index (χ2n) is 4.80. The zero-order chi connectivity index (χ0) is 14.4. The van der Waals surface area contributed by atoms with Crippen LogP contribution < -0.4 is 10.1 Å². The summed E-state index contributed by atoms with van der Waals surface area (Å²) < 4.78 is 5.46. The Bertz CT molecular complexity index is 537. The normalized spacial score (nSPS) is 10.5. The first-order valence-electron chi connectivity index (χ1n) is 6.78. The van der Waals surface area contributed by atoms with Crippen molar-refractivity contribution in [3.8, 4) is 5.75 Å². The quantitative estimate of drug-likeness (QED) is 0.770. The minimum Gasteiger partial charge on any atom is -0.490 e. The van der Waals surface area contributed by atoms with Gasteiger partial charge in [0, 0.05) is 22.8 Å². The Morgan fingerprint density at radius 1 is 1.20 bits per heavy atom. The van der Waals surface area contributed by atoms with Gasteiger partial charge >= 0.3 is 0 Å². The van der Waals surface area contributed by atoms with E-state index >= 15 is 0 Å². The summed E-state index contributed by atoms with van der Waals surface area (Å²) in [5, 5.41) is 3.47. The summed E-state index contributed by atoms with van der Waals surface area (Å²) in [6.45, 7) is 10.3. The third-order valence-electron chi connectivity index (χ3n) is 3.14. The molecule has 1 aromatic carbocycles. The van der Waals surface area contributed by atoms with E-state index in [1.165, 1.54) is 20.9 Å². The molecule has 0 saturated heterocycles. The van der Waals surface area contributed by atoms with Crippen LogP contribution in [-0.4, -0.2) is 6.61 Å². The van der Waals surface area contributed by atoms with Crippen molar-refractivity contribution in [3.63, 3.8) is 0 Å². The van der Waals surface area contributed by atoms with E-state index in [9.17, 15) is 0 Å². The predicted octanol–water partition coefficient (Wildman–Crippen LogP) is 4.22. The number of hydrogen-bond acceptors (Lipinski definition) is 3. The van der Waals surface area contributed by atoms with Gasteiger partial charge in [-0.3, -0.25) is 0 Å². The Morgan fingerprint density at radius 2 is 1.95 bits per heavy atom. The van der Waals surface area contributed by atoms with Crippen LogP contribution in [0, 0.1) is 13.8 Å². The summed E-state index contributed by atoms with van der Waals surface area (Å²) >= 11 is 1.87. The number of thiophene rings is 1. The molecule has 0 bridgehead atoms. The lowest BCUT2D eigenvalue weighted by molar-refractivity contribution is 0.363. The van der Waals surface area contributed by atoms with Crippen LogP contribution in [0.1, 0.15) is 20.9 Å². The standard InChI is InChI=1S/C17H21NOS/c1-4-9-19-16-7-5-15(6-8-16)11-18-12-17-10-13(2)14(3)20-17/h4-8,10,18H,1,9,11-12H2,2-3H3. The Balaban J connectivity index is 1.80. The monoisotopic (exact) mass is 287 g/mol. The molecule has 2 aromatic rings. The van der Waals surface area contributed by atoms with Gasteiger partial charge in [-0.15, -0.1) is 11.3 Å². The molecule has 1 aromatic heterocycles. The van der Waals surface area contributed by atoms with Crippen molar-refractivity contribution in [2.75, 3.05) is 6.61 Å². The highest BCUT2D eigenvalue weighted by atomic mass is 32.1. The second kappa shape index (κ2) is 7.27. The van der Waals surface area contributed by atoms with Crippen LogP contribution in [0.4, 0.5) is 0 Å². The number of nitrogens with one attached hydrogen (secondary N) is 1. The lowest BCUT2D eigenvalue weighted by Gasteiger charge is -2.06. The van der Waals surface area contributed by atoms with Gasteiger partial charge in [-0.2, -0.15) is 0 Å². The summed E-state index contributed by atoms with van der Waals surface area (Å²) in [5.41, 5.74) is 2.65. The maximum atomic E-state index is 5.46. The van der Waals surface area contributed by atoms with Crippen LogP contribution in [0.5, 0.6) is 5.75 Å². The molecule has 0 aliphatic carbocycles. The molecule has 0 amide bonds. The van der Waals surface area contributed by atoms with E-state index in [2.05, 4.69) is 43.9 Å². The Hall–Kier alpha value is -1.58. The van der Waals surface area contributed by atoms with Gasteiger partial charge < -0.3 is 10.1 Å². The van der Waals surface area contributed by atoms with Gasteiger partial charge in [-0.05, 0) is 43.2 Å². The van der Waals surface area contributed by atoms with Gasteiger partial charge in [0.25, 0.3) is 0 Å². The first-order chi connectivity index (χ1) is 9.69. The van der Waals surface area contributed by atoms with Gasteiger partial charge in [-0.25, -0.2) is 0 Å². The van der Waals surface area contributed by atoms with E-state index < -0.39 is 0 Å². The van der Waals surface area contributed by atoms with Crippen LogP contribution in [0.2, 0.25) is 0 Å². The molecular formula is C17H21NOS. The van der Waals surface area contributed by atoms with Crippen molar-refractivity contribution < 1.29 is 4.74 Å². The van der Waals surface area contributed by atoms with Gasteiger partial charge in [-0.1, -0.05) is 24.8 Å². The second-order valence-corrected chi connectivity index (χ2v) is 6.14. The van der Waals surface area contributed by atoms with Crippen LogP contribution in [0.15, 0.2) is 43.0 Å². The zero-order valence-corrected chi connectivity index (χ0v) is 12.9. The number of benzene rings is 1. The van der Waals surface area contributed by atoms with Crippen molar-refractivity contribution in [2.24, 2.45) is 0 Å². The van der Waals surface area contributed by atoms with Gasteiger partial charge in [0.15, 0.2) is 0 Å². The Kier molecular flexibility index (Phi) is 5.39. The van der Waals surface area contributed by atoms with Crippen LogP contribution >= 0.6 is 11.3 Å². The minimum atomic E-state index is 0.550. The van der Waals surface area contributed by atoms with Crippen LogP contribution in [0.25, 0.3) is 0 Å². The zero-order valence-electron chi connectivity index (χ0n) is 12.1. The number of ether oxygens (including phenoxy) is 1. The molecule has 20 heavy (non-hydrogen) atoms. The molecule has 0 atom stereocenters. The SMILES string of the molecule is C=CCOc1ccc(CNCc2cc(C)c(C)s2)cc1. The highest BCUT2D eigenvalue weighted by molar-refractivity contribution is 7.12. The summed E-state index contributed by atoms with van der Waals surface area (Å²) in [6.07, 6.45) is 1.75. The van der Waals surface area contributed by atoms with E-state index in [0.29, 0.717) is 6.61 Å². The molecule has 0 fully saturated rings. The summed E-state index contributed by atoms with van der Waals surface area (Å²) in [6, 6.07) is 10.5. The summed E-state index contributed by atoms with van der Waals surface area (Å²) in [5.74, 6) is 0.887. The fourth-order valence-corrected chi connectivity index (χ4v) is 2.95. The van der Waals surface area contributed by atoms with Crippen molar-refractivity contribution in [1.29, 1.82) is 0 Å². The first-order valence-corrected chi connectivity index (χ1v) is 7.60. The molecule has 0 saturated carbocycles. The van der Waals surface area contributed by atoms with E-state index in [-0.39, 0.29) is 0 Å². The molecule has 2 rings (SSSR count). The molecule has 0 spiro atoms. The highest BCUT2D eigenvalue weighted by Gasteiger charge is 2.01. The number of aryl methyl sites for hydroxylation is 2. The smallest absolute Gasteiger partial charge is 0.119 e. The summed E-state index contributed by atoms with van der Waals surface area (Å²) in [7, 11) is 0. The highest BCUT2D eigenvalue weighted by Crippen LogP contribution is 2.20. The molecule has 0 radical (unpaired) electrons. The lowest BCUT2D eigenvalue weighted by atomic mass is 10.2. The third-order valence-corrected chi connectivity index (χ3v) is 4.29. The number of hydrogen-bond donors (Lipinski definition) is 1. The van der Waals surface area contributed by atoms with E-state index in [4.69, 9.17) is 4.74 Å². The predicted molar refractivity (Wildman–Crippen MR) is 86.5 cm³/mol. The molecule has 106 valence electrons. The first kappa shape index (κ1) is 14.8. The molecule has 0 aliphatic heterocycles. The van der Waals surface area contributed by atoms with Crippen LogP contribution in [-0.2, 0) is 13.1 Å². The van der Waals surface area contributed by atoms with Gasteiger partial charge in [0.05, 0.1) is 0 Å². The lowest BCUT2D eigenvalue weighted by Crippen LogP contribution is -2.11. The molecule has 0 aliphatic rings. The Morgan fingerprint density at radius 3 is 2.55 bits per heavy atom. The minimum absolute atomic E-state index is 0.550. The average Bonchev–Trinajstić information content (AvgIpc) is 2.77. The molecule has 3 heteroatoms. The average molecular weight is 287 g/mol. The van der Waals surface area contributed by atoms with E-state index in [0.717, 1.165) is 18.8 Å². The third kappa shape index (κ3) is 4.22. The van der Waals surface area contributed by atoms with Crippen molar-refractivity contribution in [2.45, 2.75) is 26.9 Å². The molecule has 2 nitrogen and oxygen atoms in total. The van der Waals surface area contributed by atoms with E-state index in [1.54, 1.807) is 6.08 Å². The topological polar surface area (TPSA) is 21.3 Å². The van der Waals surface area contributed by atoms with E-state index in [1.807, 2.05) is 23.5 Å². The molecule has 1 heterocycles. The molecule has 1 N–H and O–H groups in total. The Labute approximate surface area is 125 Å². The van der Waals surface area contributed by atoms with Gasteiger partial charge in [0.2, 0.25) is 0 Å². The number of rotatable bonds is 7. The van der Waals surface area contributed by atoms with Crippen LogP contribution in [0.3, 0.4) is 0 Å². The fraction of sp³-hybridized carbons (Fsp3) is 0.294. The van der Waals surface area contributed by atoms with Crippen molar-refractivity contribution in [1.82, 2.24) is 5.32 Å². The van der Waals surface area contributed by atoms with Gasteiger partial charge in [0.1, 0.15) is 12.4 Å². The molecule has 0 unspecified atom stereocenters. The fourth-order valence-electron chi connectivity index (χ4n) is 1.93. The maximum Gasteiger partial charge on any atom is 0.119 e. The van der Waals surface area contributed by atoms with Crippen molar-refractivity contribution >= 4 is 11.3 Å². The molecular weight excluding hydrogens is 266 g/mol. The maximum absolute atomic E-state index is 5.46. The summed E-state index contributed by atoms with van der Waals surface area (Å²) in [4.78, 5) is 2.80. The largest absolute Gasteiger partial charge is 0.490 e. The van der Waals surface area contributed by atoms with Crippen molar-refractivity contribution in [3.05, 3.63) is 63.9 Å².